The summed E-state index contributed by atoms with van der Waals surface area (Å²) < 4.78 is 1.64. The van der Waals surface area contributed by atoms with Crippen molar-refractivity contribution in [2.45, 2.75) is 32.9 Å². The maximum atomic E-state index is 12.3. The summed E-state index contributed by atoms with van der Waals surface area (Å²) in [5.41, 5.74) is 7.00. The van der Waals surface area contributed by atoms with Gasteiger partial charge in [0.25, 0.3) is 5.91 Å². The first-order chi connectivity index (χ1) is 8.04. The molecule has 0 spiro atoms. The Kier molecular flexibility index (Phi) is 3.40. The highest BCUT2D eigenvalue weighted by molar-refractivity contribution is 6.33. The maximum absolute atomic E-state index is 12.3. The van der Waals surface area contributed by atoms with Gasteiger partial charge >= 0.3 is 0 Å². The van der Waals surface area contributed by atoms with Gasteiger partial charge in [-0.05, 0) is 20.3 Å². The van der Waals surface area contributed by atoms with Gasteiger partial charge in [0, 0.05) is 25.7 Å². The van der Waals surface area contributed by atoms with E-state index in [9.17, 15) is 4.79 Å². The molecule has 1 amide bonds. The normalized spacial score (nSPS) is 20.0. The highest BCUT2D eigenvalue weighted by Crippen LogP contribution is 2.23. The Hall–Kier alpha value is -1.07. The second-order valence-electron chi connectivity index (χ2n) is 4.37. The number of aryl methyl sites for hydroxylation is 2. The molecule has 2 N–H and O–H groups in total. The van der Waals surface area contributed by atoms with Crippen LogP contribution in [0.25, 0.3) is 0 Å². The van der Waals surface area contributed by atoms with Crippen molar-refractivity contribution in [1.82, 2.24) is 14.7 Å². The summed E-state index contributed by atoms with van der Waals surface area (Å²) in [5, 5.41) is 4.67. The molecule has 1 aliphatic heterocycles. The molecule has 0 bridgehead atoms. The van der Waals surface area contributed by atoms with Crippen molar-refractivity contribution in [3.8, 4) is 0 Å². The van der Waals surface area contributed by atoms with Crippen molar-refractivity contribution < 1.29 is 4.79 Å². The van der Waals surface area contributed by atoms with Crippen LogP contribution in [-0.4, -0.2) is 39.7 Å². The van der Waals surface area contributed by atoms with Gasteiger partial charge in [0.2, 0.25) is 0 Å². The molecule has 17 heavy (non-hydrogen) atoms. The van der Waals surface area contributed by atoms with Gasteiger partial charge in [0.1, 0.15) is 5.15 Å². The molecule has 1 aromatic rings. The number of halogens is 1. The van der Waals surface area contributed by atoms with Crippen molar-refractivity contribution in [2.75, 3.05) is 13.1 Å². The minimum absolute atomic E-state index is 0.0554. The minimum Gasteiger partial charge on any atom is -0.337 e. The molecule has 1 aromatic heterocycles. The number of amides is 1. The molecule has 0 aliphatic carbocycles. The van der Waals surface area contributed by atoms with E-state index in [0.717, 1.165) is 6.42 Å². The van der Waals surface area contributed by atoms with E-state index in [4.69, 9.17) is 17.3 Å². The van der Waals surface area contributed by atoms with Gasteiger partial charge in [-0.3, -0.25) is 9.48 Å². The number of hydrogen-bond acceptors (Lipinski definition) is 3. The van der Waals surface area contributed by atoms with Gasteiger partial charge in [0.05, 0.1) is 11.3 Å². The lowest BCUT2D eigenvalue weighted by Gasteiger charge is -2.15. The molecule has 2 heterocycles. The van der Waals surface area contributed by atoms with Gasteiger partial charge in [0.15, 0.2) is 0 Å². The zero-order valence-corrected chi connectivity index (χ0v) is 10.9. The third-order valence-electron chi connectivity index (χ3n) is 3.09. The fraction of sp³-hybridized carbons (Fsp3) is 0.636. The first kappa shape index (κ1) is 12.4. The van der Waals surface area contributed by atoms with E-state index in [1.54, 1.807) is 16.5 Å². The Morgan fingerprint density at radius 2 is 2.35 bits per heavy atom. The number of nitrogens with zero attached hydrogens (tertiary/aromatic N) is 3. The second-order valence-corrected chi connectivity index (χ2v) is 4.72. The summed E-state index contributed by atoms with van der Waals surface area (Å²) in [5.74, 6) is -0.0554. The summed E-state index contributed by atoms with van der Waals surface area (Å²) >= 11 is 6.16. The molecule has 1 aliphatic rings. The van der Waals surface area contributed by atoms with Gasteiger partial charge in [-0.1, -0.05) is 11.6 Å². The first-order valence-electron chi connectivity index (χ1n) is 5.82. The molecule has 0 aromatic carbocycles. The first-order valence-corrected chi connectivity index (χ1v) is 6.20. The smallest absolute Gasteiger partial charge is 0.258 e. The summed E-state index contributed by atoms with van der Waals surface area (Å²) in [6.07, 6.45) is 0.852. The van der Waals surface area contributed by atoms with Crippen LogP contribution in [0.15, 0.2) is 0 Å². The lowest BCUT2D eigenvalue weighted by atomic mass is 10.2. The molecule has 6 heteroatoms. The summed E-state index contributed by atoms with van der Waals surface area (Å²) in [4.78, 5) is 14.0. The highest BCUT2D eigenvalue weighted by Gasteiger charge is 2.29. The Balaban J connectivity index is 2.28. The van der Waals surface area contributed by atoms with E-state index in [1.807, 2.05) is 6.92 Å². The Bertz CT molecular complexity index is 443. The Labute approximate surface area is 106 Å². The van der Waals surface area contributed by atoms with Gasteiger partial charge < -0.3 is 10.6 Å². The number of likely N-dealkylation sites (tertiary alicyclic amines) is 1. The van der Waals surface area contributed by atoms with Crippen molar-refractivity contribution in [3.63, 3.8) is 0 Å². The predicted octanol–water partition coefficient (Wildman–Crippen LogP) is 1.04. The number of rotatable bonds is 2. The molecular weight excluding hydrogens is 240 g/mol. The predicted molar refractivity (Wildman–Crippen MR) is 66.1 cm³/mol. The van der Waals surface area contributed by atoms with Crippen LogP contribution in [0, 0.1) is 6.92 Å². The molecule has 1 saturated heterocycles. The van der Waals surface area contributed by atoms with Crippen LogP contribution < -0.4 is 5.73 Å². The zero-order chi connectivity index (χ0) is 12.6. The highest BCUT2D eigenvalue weighted by atomic mass is 35.5. The van der Waals surface area contributed by atoms with Crippen molar-refractivity contribution in [1.29, 1.82) is 0 Å². The molecule has 1 fully saturated rings. The van der Waals surface area contributed by atoms with Crippen LogP contribution in [-0.2, 0) is 6.54 Å². The average Bonchev–Trinajstić information content (AvgIpc) is 2.83. The molecule has 5 nitrogen and oxygen atoms in total. The van der Waals surface area contributed by atoms with Crippen LogP contribution in [0.4, 0.5) is 0 Å². The van der Waals surface area contributed by atoms with E-state index in [1.165, 1.54) is 0 Å². The quantitative estimate of drug-likeness (QED) is 0.860. The van der Waals surface area contributed by atoms with Crippen LogP contribution in [0.1, 0.15) is 29.4 Å². The second kappa shape index (κ2) is 4.66. The van der Waals surface area contributed by atoms with Crippen molar-refractivity contribution >= 4 is 17.5 Å². The van der Waals surface area contributed by atoms with Crippen LogP contribution in [0.5, 0.6) is 0 Å². The SMILES string of the molecule is CCn1nc(C)c(C(=O)N2CC[C@H](N)C2)c1Cl. The molecule has 1 atom stereocenters. The number of carbonyl (C=O) groups excluding carboxylic acids is 1. The lowest BCUT2D eigenvalue weighted by molar-refractivity contribution is 0.0790. The topological polar surface area (TPSA) is 64.2 Å². The van der Waals surface area contributed by atoms with Gasteiger partial charge in [-0.15, -0.1) is 0 Å². The number of aromatic nitrogens is 2. The van der Waals surface area contributed by atoms with Gasteiger partial charge in [-0.25, -0.2) is 0 Å². The summed E-state index contributed by atoms with van der Waals surface area (Å²) in [6.45, 7) is 5.71. The largest absolute Gasteiger partial charge is 0.337 e. The molecule has 0 saturated carbocycles. The van der Waals surface area contributed by atoms with Crippen molar-refractivity contribution in [2.24, 2.45) is 5.73 Å². The molecular formula is C11H17ClN4O. The maximum Gasteiger partial charge on any atom is 0.258 e. The van der Waals surface area contributed by atoms with Crippen LogP contribution in [0.2, 0.25) is 5.15 Å². The average molecular weight is 257 g/mol. The fourth-order valence-electron chi connectivity index (χ4n) is 2.14. The van der Waals surface area contributed by atoms with Crippen LogP contribution in [0.3, 0.4) is 0 Å². The van der Waals surface area contributed by atoms with Crippen LogP contribution >= 0.6 is 11.6 Å². The molecule has 94 valence electrons. The third kappa shape index (κ3) is 2.17. The standard InChI is InChI=1S/C11H17ClN4O/c1-3-16-10(12)9(7(2)14-16)11(17)15-5-4-8(13)6-15/h8H,3-6,13H2,1-2H3/t8-/m0/s1. The minimum atomic E-state index is -0.0554. The number of nitrogens with two attached hydrogens (primary N) is 1. The molecule has 0 unspecified atom stereocenters. The third-order valence-corrected chi connectivity index (χ3v) is 3.47. The number of hydrogen-bond donors (Lipinski definition) is 1. The summed E-state index contributed by atoms with van der Waals surface area (Å²) in [7, 11) is 0. The van der Waals surface area contributed by atoms with Gasteiger partial charge in [-0.2, -0.15) is 5.10 Å². The number of carbonyl (C=O) groups is 1. The van der Waals surface area contributed by atoms with E-state index in [2.05, 4.69) is 5.10 Å². The molecule has 0 radical (unpaired) electrons. The van der Waals surface area contributed by atoms with E-state index in [-0.39, 0.29) is 11.9 Å². The molecule has 2 rings (SSSR count). The fourth-order valence-corrected chi connectivity index (χ4v) is 2.51. The van der Waals surface area contributed by atoms with Crippen molar-refractivity contribution in [3.05, 3.63) is 16.4 Å². The Morgan fingerprint density at radius 3 is 2.82 bits per heavy atom. The lowest BCUT2D eigenvalue weighted by Crippen LogP contribution is -2.32. The van der Waals surface area contributed by atoms with E-state index in [0.29, 0.717) is 36.0 Å². The zero-order valence-electron chi connectivity index (χ0n) is 10.1. The van der Waals surface area contributed by atoms with E-state index < -0.39 is 0 Å². The Morgan fingerprint density at radius 1 is 1.65 bits per heavy atom. The monoisotopic (exact) mass is 256 g/mol. The summed E-state index contributed by atoms with van der Waals surface area (Å²) in [6, 6.07) is 0.0826. The van der Waals surface area contributed by atoms with E-state index >= 15 is 0 Å².